The van der Waals surface area contributed by atoms with Crippen LogP contribution in [0.4, 0.5) is 0 Å². The number of aliphatic hydroxyl groups is 2. The lowest BCUT2D eigenvalue weighted by atomic mass is 10.3. The van der Waals surface area contributed by atoms with Crippen LogP contribution in [-0.2, 0) is 0 Å². The van der Waals surface area contributed by atoms with Crippen molar-refractivity contribution in [2.75, 3.05) is 19.7 Å². The van der Waals surface area contributed by atoms with Crippen LogP contribution < -0.4 is 16.2 Å². The van der Waals surface area contributed by atoms with Gasteiger partial charge in [0.1, 0.15) is 18.1 Å². The van der Waals surface area contributed by atoms with Gasteiger partial charge in [-0.15, -0.1) is 0 Å². The van der Waals surface area contributed by atoms with Crippen LogP contribution in [0.1, 0.15) is 0 Å². The molecule has 6 heteroatoms. The van der Waals surface area contributed by atoms with E-state index in [0.717, 1.165) is 0 Å². The maximum Gasteiger partial charge on any atom is 0.186 e. The Kier molecular flexibility index (Phi) is 8.18. The average molecular weight is 230 g/mol. The lowest BCUT2D eigenvalue weighted by Crippen LogP contribution is -2.15. The molecule has 1 rings (SSSR count). The Bertz CT molecular complexity index is 262. The molecule has 0 aliphatic heterocycles. The monoisotopic (exact) mass is 230 g/mol. The van der Waals surface area contributed by atoms with E-state index in [0.29, 0.717) is 18.8 Å². The molecule has 0 saturated heterocycles. The van der Waals surface area contributed by atoms with Crippen LogP contribution >= 0.6 is 0 Å². The molecule has 0 aliphatic rings. The first-order valence-electron chi connectivity index (χ1n) is 4.78. The topological polar surface area (TPSA) is 122 Å². The molecule has 0 saturated carbocycles. The molecule has 0 heterocycles. The van der Waals surface area contributed by atoms with Crippen LogP contribution in [0, 0.1) is 0 Å². The first-order chi connectivity index (χ1) is 7.60. The Labute approximate surface area is 94.1 Å². The third kappa shape index (κ3) is 8.01. The van der Waals surface area contributed by atoms with E-state index in [4.69, 9.17) is 31.5 Å². The molecule has 0 amide bonds. The fraction of sp³-hybridized carbons (Fsp3) is 0.400. The lowest BCUT2D eigenvalue weighted by Gasteiger charge is -2.06. The molecule has 0 aliphatic carbocycles. The molecule has 0 fully saturated rings. The van der Waals surface area contributed by atoms with Crippen molar-refractivity contribution >= 4 is 0 Å². The minimum atomic E-state index is -1.47. The molecule has 0 unspecified atom stereocenters. The molecule has 1 aromatic carbocycles. The van der Waals surface area contributed by atoms with Gasteiger partial charge in [0, 0.05) is 13.1 Å². The number of phenolic OH excluding ortho intramolecular Hbond substituents is 1. The van der Waals surface area contributed by atoms with Crippen molar-refractivity contribution in [1.82, 2.24) is 0 Å². The molecule has 0 atom stereocenters. The smallest absolute Gasteiger partial charge is 0.186 e. The molecule has 0 spiro atoms. The summed E-state index contributed by atoms with van der Waals surface area (Å²) >= 11 is 0. The van der Waals surface area contributed by atoms with Crippen LogP contribution in [-0.4, -0.2) is 41.3 Å². The maximum absolute atomic E-state index is 8.88. The standard InChI is InChI=1S/C8H10O4.C2H8N2/c9-6-1-3-7(4-2-6)12-5-8(10)11;3-1-2-4/h1-4,8-11H,5H2;1-4H2. The van der Waals surface area contributed by atoms with E-state index in [9.17, 15) is 0 Å². The fourth-order valence-corrected chi connectivity index (χ4v) is 0.713. The largest absolute Gasteiger partial charge is 0.508 e. The quantitative estimate of drug-likeness (QED) is 0.422. The third-order valence-electron chi connectivity index (χ3n) is 1.40. The molecule has 16 heavy (non-hydrogen) atoms. The Morgan fingerprint density at radius 2 is 1.56 bits per heavy atom. The van der Waals surface area contributed by atoms with E-state index in [1.165, 1.54) is 24.3 Å². The highest BCUT2D eigenvalue weighted by Crippen LogP contribution is 2.15. The van der Waals surface area contributed by atoms with E-state index in [2.05, 4.69) is 0 Å². The summed E-state index contributed by atoms with van der Waals surface area (Å²) in [6.45, 7) is 1.02. The number of hydrogen-bond donors (Lipinski definition) is 5. The number of ether oxygens (including phenoxy) is 1. The molecule has 0 radical (unpaired) electrons. The Morgan fingerprint density at radius 1 is 1.06 bits per heavy atom. The summed E-state index contributed by atoms with van der Waals surface area (Å²) in [4.78, 5) is 0. The van der Waals surface area contributed by atoms with Crippen molar-refractivity contribution in [3.8, 4) is 11.5 Å². The summed E-state index contributed by atoms with van der Waals surface area (Å²) in [7, 11) is 0. The molecule has 1 aromatic rings. The second-order valence-corrected chi connectivity index (χ2v) is 2.86. The minimum absolute atomic E-state index is 0.145. The number of aliphatic hydroxyl groups excluding tert-OH is 1. The van der Waals surface area contributed by atoms with E-state index < -0.39 is 6.29 Å². The molecule has 6 nitrogen and oxygen atoms in total. The predicted molar refractivity (Wildman–Crippen MR) is 59.9 cm³/mol. The molecule has 0 bridgehead atoms. The molecular weight excluding hydrogens is 212 g/mol. The van der Waals surface area contributed by atoms with Gasteiger partial charge in [-0.2, -0.15) is 0 Å². The van der Waals surface area contributed by atoms with Crippen molar-refractivity contribution in [3.05, 3.63) is 24.3 Å². The van der Waals surface area contributed by atoms with Gasteiger partial charge in [-0.3, -0.25) is 0 Å². The van der Waals surface area contributed by atoms with Gasteiger partial charge in [0.05, 0.1) is 0 Å². The maximum atomic E-state index is 8.88. The van der Waals surface area contributed by atoms with Gasteiger partial charge in [0.2, 0.25) is 0 Å². The van der Waals surface area contributed by atoms with Crippen LogP contribution in [0.5, 0.6) is 11.5 Å². The van der Waals surface area contributed by atoms with Gasteiger partial charge in [-0.1, -0.05) is 0 Å². The second kappa shape index (κ2) is 8.93. The molecular formula is C10H18N2O4. The van der Waals surface area contributed by atoms with Crippen molar-refractivity contribution in [1.29, 1.82) is 0 Å². The summed E-state index contributed by atoms with van der Waals surface area (Å²) < 4.78 is 4.91. The minimum Gasteiger partial charge on any atom is -0.508 e. The first kappa shape index (κ1) is 14.7. The van der Waals surface area contributed by atoms with E-state index in [-0.39, 0.29) is 12.4 Å². The van der Waals surface area contributed by atoms with E-state index in [1.54, 1.807) is 0 Å². The highest BCUT2D eigenvalue weighted by atomic mass is 16.5. The lowest BCUT2D eigenvalue weighted by molar-refractivity contribution is -0.0680. The zero-order chi connectivity index (χ0) is 12.4. The summed E-state index contributed by atoms with van der Waals surface area (Å²) in [6, 6.07) is 5.99. The summed E-state index contributed by atoms with van der Waals surface area (Å²) in [5.74, 6) is 0.632. The summed E-state index contributed by atoms with van der Waals surface area (Å²) in [6.07, 6.45) is -1.47. The zero-order valence-corrected chi connectivity index (χ0v) is 8.91. The highest BCUT2D eigenvalue weighted by molar-refractivity contribution is 5.29. The Balaban J connectivity index is 0.000000487. The van der Waals surface area contributed by atoms with Gasteiger partial charge in [0.15, 0.2) is 6.29 Å². The SMILES string of the molecule is NCCN.Oc1ccc(OCC(O)O)cc1. The third-order valence-corrected chi connectivity index (χ3v) is 1.40. The van der Waals surface area contributed by atoms with Crippen LogP contribution in [0.3, 0.4) is 0 Å². The van der Waals surface area contributed by atoms with Gasteiger partial charge in [-0.25, -0.2) is 0 Å². The normalized spacial score (nSPS) is 9.56. The van der Waals surface area contributed by atoms with E-state index >= 15 is 0 Å². The zero-order valence-electron chi connectivity index (χ0n) is 8.91. The number of phenols is 1. The number of aromatic hydroxyl groups is 1. The predicted octanol–water partition coefficient (Wildman–Crippen LogP) is -1.01. The Morgan fingerprint density at radius 3 is 1.94 bits per heavy atom. The van der Waals surface area contributed by atoms with Crippen molar-refractivity contribution in [3.63, 3.8) is 0 Å². The second-order valence-electron chi connectivity index (χ2n) is 2.86. The van der Waals surface area contributed by atoms with Gasteiger partial charge < -0.3 is 31.5 Å². The first-order valence-corrected chi connectivity index (χ1v) is 4.78. The highest BCUT2D eigenvalue weighted by Gasteiger charge is 1.98. The summed E-state index contributed by atoms with van der Waals surface area (Å²) in [5, 5.41) is 25.8. The molecule has 7 N–H and O–H groups in total. The van der Waals surface area contributed by atoms with Crippen LogP contribution in [0.15, 0.2) is 24.3 Å². The van der Waals surface area contributed by atoms with Crippen LogP contribution in [0.2, 0.25) is 0 Å². The molecule has 0 aromatic heterocycles. The van der Waals surface area contributed by atoms with Crippen molar-refractivity contribution < 1.29 is 20.1 Å². The van der Waals surface area contributed by atoms with Gasteiger partial charge in [0.25, 0.3) is 0 Å². The van der Waals surface area contributed by atoms with Gasteiger partial charge >= 0.3 is 0 Å². The molecule has 92 valence electrons. The summed E-state index contributed by atoms with van der Waals surface area (Å²) in [5.41, 5.74) is 9.81. The van der Waals surface area contributed by atoms with Crippen molar-refractivity contribution in [2.24, 2.45) is 11.5 Å². The number of benzene rings is 1. The average Bonchev–Trinajstić information content (AvgIpc) is 2.28. The Hall–Kier alpha value is -1.34. The number of hydrogen-bond acceptors (Lipinski definition) is 6. The van der Waals surface area contributed by atoms with Crippen LogP contribution in [0.25, 0.3) is 0 Å². The fourth-order valence-electron chi connectivity index (χ4n) is 0.713. The van der Waals surface area contributed by atoms with E-state index in [1.807, 2.05) is 0 Å². The number of nitrogens with two attached hydrogens (primary N) is 2. The van der Waals surface area contributed by atoms with Crippen molar-refractivity contribution in [2.45, 2.75) is 6.29 Å². The number of rotatable bonds is 4. The van der Waals surface area contributed by atoms with Gasteiger partial charge in [-0.05, 0) is 24.3 Å².